The van der Waals surface area contributed by atoms with Crippen LogP contribution in [0, 0.1) is 11.8 Å². The van der Waals surface area contributed by atoms with E-state index in [1.165, 1.54) is 35.6 Å². The molecule has 4 atom stereocenters. The van der Waals surface area contributed by atoms with Crippen molar-refractivity contribution in [1.29, 1.82) is 0 Å². The number of carbonyl (C=O) groups excluding carboxylic acids is 2. The Labute approximate surface area is 225 Å². The van der Waals surface area contributed by atoms with Gasteiger partial charge < -0.3 is 15.0 Å². The molecule has 1 heterocycles. The highest BCUT2D eigenvalue weighted by atomic mass is 16.7. The quantitative estimate of drug-likeness (QED) is 0.506. The van der Waals surface area contributed by atoms with Gasteiger partial charge in [-0.25, -0.2) is 5.48 Å². The monoisotopic (exact) mass is 517 g/mol. The molecule has 0 bridgehead atoms. The highest BCUT2D eigenvalue weighted by Crippen LogP contribution is 2.36. The number of hydrogen-bond acceptors (Lipinski definition) is 5. The van der Waals surface area contributed by atoms with Crippen molar-refractivity contribution in [2.24, 2.45) is 11.8 Å². The van der Waals surface area contributed by atoms with Crippen molar-refractivity contribution in [2.45, 2.75) is 51.1 Å². The van der Waals surface area contributed by atoms with Crippen LogP contribution in [0.25, 0.3) is 10.8 Å². The van der Waals surface area contributed by atoms with Gasteiger partial charge in [0.1, 0.15) is 0 Å². The molecule has 1 saturated heterocycles. The Hall–Kier alpha value is -3.00. The summed E-state index contributed by atoms with van der Waals surface area (Å²) in [5.74, 6) is 0.590. The molecule has 38 heavy (non-hydrogen) atoms. The van der Waals surface area contributed by atoms with Crippen LogP contribution in [0.5, 0.6) is 0 Å². The second-order valence-electron chi connectivity index (χ2n) is 10.7. The molecule has 2 aromatic rings. The standard InChI is InChI=1S/C31H39N3O4/c1-22(28-11-5-7-24-6-2-3-10-29(24)28)32-27-9-4-8-26(20-27)23-12-14-25(15-13-23)31(36)33-38-21-30(35)34-16-18-37-19-17-34/h2-3,5-7,10-12,14-15,22-23,26-27,32H,4,8-9,13,16-21H2,1H3,(H,33,36)/t22-,23?,26+,27?/m1/s1. The third-order valence-electron chi connectivity index (χ3n) is 8.22. The molecule has 2 aromatic carbocycles. The van der Waals surface area contributed by atoms with Crippen molar-refractivity contribution < 1.29 is 19.2 Å². The van der Waals surface area contributed by atoms with Crippen molar-refractivity contribution in [1.82, 2.24) is 15.7 Å². The first-order valence-electron chi connectivity index (χ1n) is 14.0. The lowest BCUT2D eigenvalue weighted by atomic mass is 9.75. The first-order chi connectivity index (χ1) is 18.6. The molecule has 7 nitrogen and oxygen atoms in total. The van der Waals surface area contributed by atoms with Crippen LogP contribution in [-0.4, -0.2) is 55.7 Å². The molecule has 2 fully saturated rings. The highest BCUT2D eigenvalue weighted by Gasteiger charge is 2.29. The van der Waals surface area contributed by atoms with E-state index in [1.807, 2.05) is 12.2 Å². The van der Waals surface area contributed by atoms with Gasteiger partial charge in [0.2, 0.25) is 0 Å². The molecule has 7 heteroatoms. The van der Waals surface area contributed by atoms with E-state index in [4.69, 9.17) is 9.57 Å². The van der Waals surface area contributed by atoms with Gasteiger partial charge in [0.05, 0.1) is 13.2 Å². The fourth-order valence-corrected chi connectivity index (χ4v) is 6.12. The SMILES string of the molecule is C[C@@H](NC1CCC[C@H](C2C=CC(C(=O)NOCC(=O)N3CCOCC3)=CC2)C1)c1cccc2ccccc12. The van der Waals surface area contributed by atoms with Crippen LogP contribution in [0.2, 0.25) is 0 Å². The molecule has 3 aliphatic rings. The second-order valence-corrected chi connectivity index (χ2v) is 10.7. The molecule has 202 valence electrons. The number of benzene rings is 2. The van der Waals surface area contributed by atoms with Crippen LogP contribution >= 0.6 is 0 Å². The summed E-state index contributed by atoms with van der Waals surface area (Å²) in [7, 11) is 0. The highest BCUT2D eigenvalue weighted by molar-refractivity contribution is 5.95. The molecule has 2 N–H and O–H groups in total. The van der Waals surface area contributed by atoms with Crippen LogP contribution in [0.3, 0.4) is 0 Å². The van der Waals surface area contributed by atoms with Crippen LogP contribution in [0.15, 0.2) is 66.3 Å². The summed E-state index contributed by atoms with van der Waals surface area (Å²) in [5, 5.41) is 6.53. The van der Waals surface area contributed by atoms with E-state index in [-0.39, 0.29) is 24.5 Å². The Kier molecular flexibility index (Phi) is 8.89. The number of morpholine rings is 1. The molecule has 0 spiro atoms. The molecule has 1 saturated carbocycles. The molecule has 0 aromatic heterocycles. The number of carbonyl (C=O) groups is 2. The number of nitrogens with zero attached hydrogens (tertiary/aromatic N) is 1. The second kappa shape index (κ2) is 12.7. The smallest absolute Gasteiger partial charge is 0.274 e. The van der Waals surface area contributed by atoms with Gasteiger partial charge in [0, 0.05) is 30.7 Å². The van der Waals surface area contributed by atoms with Crippen LogP contribution in [-0.2, 0) is 19.2 Å². The first-order valence-corrected chi connectivity index (χ1v) is 14.0. The van der Waals surface area contributed by atoms with E-state index >= 15 is 0 Å². The van der Waals surface area contributed by atoms with Gasteiger partial charge in [-0.15, -0.1) is 0 Å². The van der Waals surface area contributed by atoms with Crippen LogP contribution in [0.4, 0.5) is 0 Å². The van der Waals surface area contributed by atoms with Gasteiger partial charge in [-0.2, -0.15) is 0 Å². The molecule has 2 aliphatic carbocycles. The zero-order valence-electron chi connectivity index (χ0n) is 22.2. The summed E-state index contributed by atoms with van der Waals surface area (Å²) >= 11 is 0. The number of ether oxygens (including phenoxy) is 1. The molecular weight excluding hydrogens is 478 g/mol. The maximum absolute atomic E-state index is 12.5. The number of amides is 2. The maximum atomic E-state index is 12.5. The third-order valence-corrected chi connectivity index (χ3v) is 8.22. The van der Waals surface area contributed by atoms with Gasteiger partial charge in [-0.3, -0.25) is 14.4 Å². The topological polar surface area (TPSA) is 79.9 Å². The fourth-order valence-electron chi connectivity index (χ4n) is 6.12. The predicted molar refractivity (Wildman–Crippen MR) is 148 cm³/mol. The average Bonchev–Trinajstić information content (AvgIpc) is 2.97. The Morgan fingerprint density at radius 2 is 1.92 bits per heavy atom. The lowest BCUT2D eigenvalue weighted by Crippen LogP contribution is -2.43. The molecule has 5 rings (SSSR count). The minimum absolute atomic E-state index is 0.142. The minimum atomic E-state index is -0.304. The van der Waals surface area contributed by atoms with Crippen molar-refractivity contribution in [2.75, 3.05) is 32.9 Å². The van der Waals surface area contributed by atoms with Crippen molar-refractivity contribution >= 4 is 22.6 Å². The lowest BCUT2D eigenvalue weighted by molar-refractivity contribution is -0.146. The first kappa shape index (κ1) is 26.6. The van der Waals surface area contributed by atoms with E-state index in [0.29, 0.717) is 49.8 Å². The Bertz CT molecular complexity index is 1180. The van der Waals surface area contributed by atoms with Gasteiger partial charge in [-0.05, 0) is 60.8 Å². The molecule has 2 amide bonds. The fraction of sp³-hybridized carbons (Fsp3) is 0.484. The largest absolute Gasteiger partial charge is 0.378 e. The zero-order chi connectivity index (χ0) is 26.3. The Balaban J connectivity index is 1.09. The number of nitrogens with one attached hydrogen (secondary N) is 2. The molecule has 2 unspecified atom stereocenters. The van der Waals surface area contributed by atoms with Crippen LogP contribution in [0.1, 0.15) is 50.6 Å². The van der Waals surface area contributed by atoms with Gasteiger partial charge in [0.25, 0.3) is 11.8 Å². The number of rotatable bonds is 8. The van der Waals surface area contributed by atoms with E-state index < -0.39 is 0 Å². The summed E-state index contributed by atoms with van der Waals surface area (Å²) in [6, 6.07) is 15.9. The lowest BCUT2D eigenvalue weighted by Gasteiger charge is -2.36. The van der Waals surface area contributed by atoms with Gasteiger partial charge in [0.15, 0.2) is 6.61 Å². The van der Waals surface area contributed by atoms with Crippen molar-refractivity contribution in [3.8, 4) is 0 Å². The zero-order valence-corrected chi connectivity index (χ0v) is 22.2. The summed E-state index contributed by atoms with van der Waals surface area (Å²) in [6.07, 6.45) is 11.7. The maximum Gasteiger partial charge on any atom is 0.274 e. The summed E-state index contributed by atoms with van der Waals surface area (Å²) in [5.41, 5.74) is 4.38. The van der Waals surface area contributed by atoms with Crippen molar-refractivity contribution in [3.05, 3.63) is 71.8 Å². The van der Waals surface area contributed by atoms with E-state index in [2.05, 4.69) is 66.3 Å². The molecular formula is C31H39N3O4. The third kappa shape index (κ3) is 6.52. The van der Waals surface area contributed by atoms with E-state index in [1.54, 1.807) is 4.90 Å². The Morgan fingerprint density at radius 1 is 1.11 bits per heavy atom. The molecule has 1 aliphatic heterocycles. The summed E-state index contributed by atoms with van der Waals surface area (Å²) in [4.78, 5) is 31.6. The average molecular weight is 518 g/mol. The number of hydroxylamine groups is 1. The number of hydrogen-bond donors (Lipinski definition) is 2. The van der Waals surface area contributed by atoms with Crippen molar-refractivity contribution in [3.63, 3.8) is 0 Å². The van der Waals surface area contributed by atoms with E-state index in [9.17, 15) is 9.59 Å². The molecule has 0 radical (unpaired) electrons. The van der Waals surface area contributed by atoms with Crippen LogP contribution < -0.4 is 10.8 Å². The number of fused-ring (bicyclic) bond motifs is 1. The minimum Gasteiger partial charge on any atom is -0.378 e. The normalized spacial score (nSPS) is 24.6. The summed E-state index contributed by atoms with van der Waals surface area (Å²) < 4.78 is 5.26. The predicted octanol–water partition coefficient (Wildman–Crippen LogP) is 4.46. The number of allylic oxidation sites excluding steroid dienone is 2. The van der Waals surface area contributed by atoms with Gasteiger partial charge in [-0.1, -0.05) is 67.1 Å². The van der Waals surface area contributed by atoms with E-state index in [0.717, 1.165) is 12.8 Å². The van der Waals surface area contributed by atoms with Gasteiger partial charge >= 0.3 is 0 Å². The summed E-state index contributed by atoms with van der Waals surface area (Å²) in [6.45, 7) is 4.31. The Morgan fingerprint density at radius 3 is 2.74 bits per heavy atom.